The highest BCUT2D eigenvalue weighted by Gasteiger charge is 2.32. The van der Waals surface area contributed by atoms with E-state index < -0.39 is 0 Å². The Hall–Kier alpha value is -1.84. The van der Waals surface area contributed by atoms with E-state index in [1.165, 1.54) is 18.1 Å². The lowest BCUT2D eigenvalue weighted by Gasteiger charge is -2.19. The average molecular weight is 267 g/mol. The molecular weight excluding hydrogens is 256 g/mol. The molecule has 1 unspecified atom stereocenters. The van der Waals surface area contributed by atoms with Crippen LogP contribution >= 0.6 is 11.6 Å². The maximum atomic E-state index is 11.9. The molecule has 0 saturated carbocycles. The van der Waals surface area contributed by atoms with E-state index in [2.05, 4.69) is 4.99 Å². The van der Waals surface area contributed by atoms with Gasteiger partial charge in [-0.1, -0.05) is 11.6 Å². The van der Waals surface area contributed by atoms with Crippen molar-refractivity contribution in [3.63, 3.8) is 0 Å². The van der Waals surface area contributed by atoms with Gasteiger partial charge in [-0.3, -0.25) is 4.79 Å². The summed E-state index contributed by atoms with van der Waals surface area (Å²) in [6, 6.07) is 4.69. The van der Waals surface area contributed by atoms with Crippen molar-refractivity contribution in [1.29, 1.82) is 0 Å². The topological polar surface area (TPSA) is 59.0 Å². The summed E-state index contributed by atoms with van der Waals surface area (Å²) >= 11 is 5.92. The van der Waals surface area contributed by atoms with Gasteiger partial charge in [0.05, 0.1) is 25.3 Å². The number of aliphatic imine (C=N–C) groups is 1. The third kappa shape index (κ3) is 2.37. The van der Waals surface area contributed by atoms with Crippen LogP contribution in [0.25, 0.3) is 0 Å². The summed E-state index contributed by atoms with van der Waals surface area (Å²) in [6.45, 7) is 0.338. The zero-order valence-electron chi connectivity index (χ0n) is 9.72. The number of hydrogen-bond acceptors (Lipinski definition) is 4. The first kappa shape index (κ1) is 12.6. The first-order valence-corrected chi connectivity index (χ1v) is 5.74. The highest BCUT2D eigenvalue weighted by atomic mass is 35.5. The normalized spacial score (nSPS) is 18.7. The number of nitrogens with zero attached hydrogens (tertiary/aromatic N) is 2. The first-order valence-electron chi connectivity index (χ1n) is 5.36. The maximum Gasteiger partial charge on any atom is 0.235 e. The third-order valence-corrected chi connectivity index (χ3v) is 3.01. The van der Waals surface area contributed by atoms with Gasteiger partial charge in [0.1, 0.15) is 5.75 Å². The molecule has 1 aliphatic rings. The second-order valence-electron chi connectivity index (χ2n) is 3.90. The summed E-state index contributed by atoms with van der Waals surface area (Å²) < 4.78 is 5.20. The van der Waals surface area contributed by atoms with Gasteiger partial charge in [-0.05, 0) is 18.2 Å². The molecule has 0 aromatic heterocycles. The van der Waals surface area contributed by atoms with E-state index in [1.54, 1.807) is 18.2 Å². The Kier molecular flexibility index (Phi) is 3.65. The minimum atomic E-state index is -0.348. The smallest absolute Gasteiger partial charge is 0.235 e. The average Bonchev–Trinajstić information content (AvgIpc) is 2.70. The Labute approximate surface area is 109 Å². The number of anilines is 1. The fourth-order valence-electron chi connectivity index (χ4n) is 1.96. The highest BCUT2D eigenvalue weighted by molar-refractivity contribution is 6.31. The Bertz CT molecular complexity index is 526. The van der Waals surface area contributed by atoms with Crippen molar-refractivity contribution in [3.05, 3.63) is 23.2 Å². The molecule has 1 saturated heterocycles. The number of ether oxygens (including phenoxy) is 1. The standard InChI is InChI=1S/C12H11ClN2O3/c1-18-11-3-2-8(13)4-10(11)15-6-9(14-7-16)5-12(15)17/h2-4,9H,5-6H2,1H3. The summed E-state index contributed by atoms with van der Waals surface area (Å²) in [7, 11) is 1.52. The fraction of sp³-hybridized carbons (Fsp3) is 0.333. The summed E-state index contributed by atoms with van der Waals surface area (Å²) in [4.78, 5) is 27.2. The van der Waals surface area contributed by atoms with Crippen molar-refractivity contribution in [1.82, 2.24) is 0 Å². The van der Waals surface area contributed by atoms with E-state index in [0.717, 1.165) is 0 Å². The number of hydrogen-bond donors (Lipinski definition) is 0. The van der Waals surface area contributed by atoms with Gasteiger partial charge in [-0.2, -0.15) is 0 Å². The van der Waals surface area contributed by atoms with Crippen LogP contribution in [0.3, 0.4) is 0 Å². The van der Waals surface area contributed by atoms with E-state index in [9.17, 15) is 9.59 Å². The van der Waals surface area contributed by atoms with Gasteiger partial charge in [0.15, 0.2) is 0 Å². The Morgan fingerprint density at radius 1 is 1.56 bits per heavy atom. The van der Waals surface area contributed by atoms with Crippen LogP contribution in [0.5, 0.6) is 5.75 Å². The van der Waals surface area contributed by atoms with E-state index >= 15 is 0 Å². The van der Waals surface area contributed by atoms with Crippen molar-refractivity contribution in [3.8, 4) is 5.75 Å². The fourth-order valence-corrected chi connectivity index (χ4v) is 2.12. The molecule has 1 amide bonds. The Morgan fingerprint density at radius 2 is 2.33 bits per heavy atom. The molecule has 2 rings (SSSR count). The molecule has 0 bridgehead atoms. The number of carbonyl (C=O) groups is 1. The molecule has 0 spiro atoms. The first-order chi connectivity index (χ1) is 8.65. The van der Waals surface area contributed by atoms with Gasteiger partial charge >= 0.3 is 0 Å². The molecule has 0 aliphatic carbocycles. The molecule has 0 N–H and O–H groups in total. The largest absolute Gasteiger partial charge is 0.495 e. The maximum absolute atomic E-state index is 11.9. The van der Waals surface area contributed by atoms with Crippen LogP contribution in [0.4, 0.5) is 5.69 Å². The summed E-state index contributed by atoms with van der Waals surface area (Å²) in [5.41, 5.74) is 0.596. The number of benzene rings is 1. The molecule has 18 heavy (non-hydrogen) atoms. The van der Waals surface area contributed by atoms with Crippen LogP contribution in [0.1, 0.15) is 6.42 Å². The third-order valence-electron chi connectivity index (χ3n) is 2.77. The molecular formula is C12H11ClN2O3. The van der Waals surface area contributed by atoms with Crippen molar-refractivity contribution in [2.75, 3.05) is 18.6 Å². The lowest BCUT2D eigenvalue weighted by Crippen LogP contribution is -2.25. The van der Waals surface area contributed by atoms with Crippen LogP contribution in [0.15, 0.2) is 23.2 Å². The molecule has 0 radical (unpaired) electrons. The lowest BCUT2D eigenvalue weighted by molar-refractivity contribution is -0.117. The van der Waals surface area contributed by atoms with Crippen LogP contribution in [0.2, 0.25) is 5.02 Å². The van der Waals surface area contributed by atoms with E-state index in [1.807, 2.05) is 0 Å². The second kappa shape index (κ2) is 5.21. The molecule has 1 aromatic rings. The van der Waals surface area contributed by atoms with Crippen molar-refractivity contribution >= 4 is 29.3 Å². The molecule has 1 aromatic carbocycles. The van der Waals surface area contributed by atoms with Crippen LogP contribution in [-0.2, 0) is 9.59 Å². The molecule has 1 heterocycles. The molecule has 1 fully saturated rings. The molecule has 5 nitrogen and oxygen atoms in total. The van der Waals surface area contributed by atoms with Crippen molar-refractivity contribution in [2.24, 2.45) is 4.99 Å². The van der Waals surface area contributed by atoms with Crippen LogP contribution in [0, 0.1) is 0 Å². The van der Waals surface area contributed by atoms with Gasteiger partial charge in [0.2, 0.25) is 12.0 Å². The number of amides is 1. The molecule has 6 heteroatoms. The lowest BCUT2D eigenvalue weighted by atomic mass is 10.2. The minimum Gasteiger partial charge on any atom is -0.495 e. The zero-order valence-corrected chi connectivity index (χ0v) is 10.5. The number of methoxy groups -OCH3 is 1. The monoisotopic (exact) mass is 266 g/mol. The minimum absolute atomic E-state index is 0.112. The number of carbonyl (C=O) groups excluding carboxylic acids is 2. The highest BCUT2D eigenvalue weighted by Crippen LogP contribution is 2.34. The van der Waals surface area contributed by atoms with Crippen molar-refractivity contribution < 1.29 is 14.3 Å². The van der Waals surface area contributed by atoms with E-state index in [0.29, 0.717) is 23.0 Å². The zero-order chi connectivity index (χ0) is 13.1. The van der Waals surface area contributed by atoms with Crippen LogP contribution in [-0.4, -0.2) is 31.7 Å². The summed E-state index contributed by atoms with van der Waals surface area (Å²) in [5.74, 6) is 0.447. The number of rotatable bonds is 3. The van der Waals surface area contributed by atoms with Gasteiger partial charge in [-0.25, -0.2) is 9.79 Å². The van der Waals surface area contributed by atoms with E-state index in [4.69, 9.17) is 16.3 Å². The molecule has 94 valence electrons. The second-order valence-corrected chi connectivity index (χ2v) is 4.34. The van der Waals surface area contributed by atoms with Gasteiger partial charge < -0.3 is 9.64 Å². The predicted octanol–water partition coefficient (Wildman–Crippen LogP) is 1.79. The Balaban J connectivity index is 2.34. The SMILES string of the molecule is COc1ccc(Cl)cc1N1CC(N=C=O)CC1=O. The van der Waals surface area contributed by atoms with Gasteiger partial charge in [0, 0.05) is 11.6 Å². The molecule has 1 aliphatic heterocycles. The number of isocyanates is 1. The van der Waals surface area contributed by atoms with E-state index in [-0.39, 0.29) is 18.4 Å². The van der Waals surface area contributed by atoms with Crippen LogP contribution < -0.4 is 9.64 Å². The van der Waals surface area contributed by atoms with Gasteiger partial charge in [0.25, 0.3) is 0 Å². The number of halogens is 1. The van der Waals surface area contributed by atoms with Gasteiger partial charge in [-0.15, -0.1) is 0 Å². The summed E-state index contributed by atoms with van der Waals surface area (Å²) in [6.07, 6.45) is 1.68. The molecule has 1 atom stereocenters. The predicted molar refractivity (Wildman–Crippen MR) is 66.9 cm³/mol. The summed E-state index contributed by atoms with van der Waals surface area (Å²) in [5, 5.41) is 0.515. The Morgan fingerprint density at radius 3 is 3.00 bits per heavy atom. The quantitative estimate of drug-likeness (QED) is 0.619. The van der Waals surface area contributed by atoms with Crippen molar-refractivity contribution in [2.45, 2.75) is 12.5 Å².